The molecule has 2 heterocycles. The molecule has 0 bridgehead atoms. The van der Waals surface area contributed by atoms with E-state index in [1.165, 1.54) is 11.1 Å². The van der Waals surface area contributed by atoms with Crippen molar-refractivity contribution >= 4 is 17.5 Å². The van der Waals surface area contributed by atoms with Gasteiger partial charge in [-0.05, 0) is 44.0 Å². The van der Waals surface area contributed by atoms with E-state index in [0.717, 1.165) is 48.9 Å². The maximum atomic E-state index is 12.6. The number of nitrogens with one attached hydrogen (secondary N) is 1. The quantitative estimate of drug-likeness (QED) is 0.762. The van der Waals surface area contributed by atoms with E-state index >= 15 is 0 Å². The maximum Gasteiger partial charge on any atom is 0.223 e. The summed E-state index contributed by atoms with van der Waals surface area (Å²) in [6, 6.07) is 8.41. The number of amides is 1. The number of benzene rings is 1. The van der Waals surface area contributed by atoms with E-state index < -0.39 is 0 Å². The minimum absolute atomic E-state index is 0.0597. The number of rotatable bonds is 5. The van der Waals surface area contributed by atoms with Crippen LogP contribution >= 0.6 is 11.6 Å². The maximum absolute atomic E-state index is 12.6. The SMILES string of the molecule is CO[C@H]1[C@H](NC(=O)C(C)C)c2ccccc2C12CCN(Cc1c(C)nn(C)c1Cl)CC2. The molecule has 1 saturated heterocycles. The third kappa shape index (κ3) is 3.79. The van der Waals surface area contributed by atoms with Crippen LogP contribution in [0.2, 0.25) is 5.15 Å². The number of fused-ring (bicyclic) bond motifs is 2. The highest BCUT2D eigenvalue weighted by atomic mass is 35.5. The molecule has 1 aliphatic carbocycles. The molecule has 7 heteroatoms. The molecule has 168 valence electrons. The van der Waals surface area contributed by atoms with Gasteiger partial charge in [-0.2, -0.15) is 5.10 Å². The summed E-state index contributed by atoms with van der Waals surface area (Å²) < 4.78 is 7.85. The number of halogens is 1. The van der Waals surface area contributed by atoms with Crippen molar-refractivity contribution in [3.8, 4) is 0 Å². The summed E-state index contributed by atoms with van der Waals surface area (Å²) in [6.07, 6.45) is 1.89. The van der Waals surface area contributed by atoms with Crippen LogP contribution in [0.3, 0.4) is 0 Å². The molecule has 6 nitrogen and oxygen atoms in total. The fourth-order valence-electron chi connectivity index (χ4n) is 5.43. The van der Waals surface area contributed by atoms with Crippen molar-refractivity contribution in [3.05, 3.63) is 51.8 Å². The number of ether oxygens (including phenoxy) is 1. The minimum Gasteiger partial charge on any atom is -0.378 e. The van der Waals surface area contributed by atoms with Crippen LogP contribution in [0, 0.1) is 12.8 Å². The van der Waals surface area contributed by atoms with Gasteiger partial charge in [0.15, 0.2) is 0 Å². The van der Waals surface area contributed by atoms with Gasteiger partial charge >= 0.3 is 0 Å². The zero-order chi connectivity index (χ0) is 22.3. The number of piperidine rings is 1. The lowest BCUT2D eigenvalue weighted by Gasteiger charge is -2.44. The predicted molar refractivity (Wildman–Crippen MR) is 122 cm³/mol. The molecule has 1 aromatic carbocycles. The predicted octanol–water partition coefficient (Wildman–Crippen LogP) is 3.76. The van der Waals surface area contributed by atoms with Crippen molar-refractivity contribution in [1.29, 1.82) is 0 Å². The number of methoxy groups -OCH3 is 1. The van der Waals surface area contributed by atoms with Crippen LogP contribution < -0.4 is 5.32 Å². The molecule has 2 aromatic rings. The van der Waals surface area contributed by atoms with Gasteiger partial charge in [-0.3, -0.25) is 14.4 Å². The standard InChI is InChI=1S/C24H33ClN4O2/c1-15(2)23(30)26-20-17-8-6-7-9-19(17)24(21(20)31-5)10-12-29(13-11-24)14-18-16(3)27-28(4)22(18)25/h6-9,15,20-21H,10-14H2,1-5H3,(H,26,30)/t20-,21+/m1/s1. The Hall–Kier alpha value is -1.89. The third-order valence-electron chi connectivity index (χ3n) is 7.16. The highest BCUT2D eigenvalue weighted by molar-refractivity contribution is 6.30. The lowest BCUT2D eigenvalue weighted by molar-refractivity contribution is -0.126. The fourth-order valence-corrected chi connectivity index (χ4v) is 5.67. The zero-order valence-electron chi connectivity index (χ0n) is 19.1. The molecule has 4 rings (SSSR count). The van der Waals surface area contributed by atoms with Gasteiger partial charge in [-0.15, -0.1) is 0 Å². The molecular weight excluding hydrogens is 412 g/mol. The largest absolute Gasteiger partial charge is 0.378 e. The Bertz CT molecular complexity index is 962. The molecule has 1 spiro atoms. The number of hydrogen-bond donors (Lipinski definition) is 1. The van der Waals surface area contributed by atoms with Crippen LogP contribution in [0.1, 0.15) is 55.1 Å². The smallest absolute Gasteiger partial charge is 0.223 e. The van der Waals surface area contributed by atoms with Crippen molar-refractivity contribution in [2.45, 2.75) is 57.7 Å². The monoisotopic (exact) mass is 444 g/mol. The number of aromatic nitrogens is 2. The molecule has 2 atom stereocenters. The van der Waals surface area contributed by atoms with Gasteiger partial charge in [0, 0.05) is 37.6 Å². The molecule has 1 aliphatic heterocycles. The second kappa shape index (κ2) is 8.57. The molecular formula is C24H33ClN4O2. The van der Waals surface area contributed by atoms with Crippen molar-refractivity contribution in [1.82, 2.24) is 20.0 Å². The minimum atomic E-state index is -0.113. The van der Waals surface area contributed by atoms with Crippen molar-refractivity contribution < 1.29 is 9.53 Å². The van der Waals surface area contributed by atoms with E-state index in [-0.39, 0.29) is 29.4 Å². The summed E-state index contributed by atoms with van der Waals surface area (Å²) in [7, 11) is 3.66. The number of hydrogen-bond acceptors (Lipinski definition) is 4. The van der Waals surface area contributed by atoms with E-state index in [4.69, 9.17) is 16.3 Å². The number of nitrogens with zero attached hydrogens (tertiary/aromatic N) is 3. The Morgan fingerprint density at radius 3 is 2.58 bits per heavy atom. The van der Waals surface area contributed by atoms with Crippen LogP contribution in [0.25, 0.3) is 0 Å². The van der Waals surface area contributed by atoms with E-state index in [0.29, 0.717) is 0 Å². The lowest BCUT2D eigenvalue weighted by Crippen LogP contribution is -2.50. The summed E-state index contributed by atoms with van der Waals surface area (Å²) in [5.74, 6) is 0.00793. The van der Waals surface area contributed by atoms with E-state index in [1.54, 1.807) is 11.8 Å². The van der Waals surface area contributed by atoms with Crippen LogP contribution in [0.15, 0.2) is 24.3 Å². The molecule has 1 amide bonds. The van der Waals surface area contributed by atoms with E-state index in [2.05, 4.69) is 39.6 Å². The molecule has 31 heavy (non-hydrogen) atoms. The first-order valence-corrected chi connectivity index (χ1v) is 11.5. The average molecular weight is 445 g/mol. The Kier molecular flexibility index (Phi) is 6.16. The van der Waals surface area contributed by atoms with Gasteiger partial charge in [0.1, 0.15) is 5.15 Å². The lowest BCUT2D eigenvalue weighted by atomic mass is 9.71. The van der Waals surface area contributed by atoms with Gasteiger partial charge in [0.2, 0.25) is 5.91 Å². The molecule has 0 saturated carbocycles. The first-order valence-electron chi connectivity index (χ1n) is 11.1. The number of carbonyl (C=O) groups is 1. The summed E-state index contributed by atoms with van der Waals surface area (Å²) in [4.78, 5) is 15.0. The van der Waals surface area contributed by atoms with Gasteiger partial charge in [-0.1, -0.05) is 49.7 Å². The Balaban J connectivity index is 1.58. The molecule has 2 aliphatic rings. The van der Waals surface area contributed by atoms with Crippen molar-refractivity contribution in [2.24, 2.45) is 13.0 Å². The molecule has 1 fully saturated rings. The highest BCUT2D eigenvalue weighted by Crippen LogP contribution is 2.52. The van der Waals surface area contributed by atoms with Crippen LogP contribution in [-0.4, -0.2) is 46.9 Å². The van der Waals surface area contributed by atoms with Gasteiger partial charge < -0.3 is 10.1 Å². The molecule has 0 radical (unpaired) electrons. The Morgan fingerprint density at radius 1 is 1.32 bits per heavy atom. The second-order valence-electron chi connectivity index (χ2n) is 9.30. The Morgan fingerprint density at radius 2 is 2.00 bits per heavy atom. The second-order valence-corrected chi connectivity index (χ2v) is 9.65. The topological polar surface area (TPSA) is 59.4 Å². The molecule has 0 unspecified atom stereocenters. The summed E-state index contributed by atoms with van der Waals surface area (Å²) >= 11 is 6.47. The first kappa shape index (κ1) is 22.3. The van der Waals surface area contributed by atoms with E-state index in [1.807, 2.05) is 27.8 Å². The van der Waals surface area contributed by atoms with E-state index in [9.17, 15) is 4.79 Å². The summed E-state index contributed by atoms with van der Waals surface area (Å²) in [5.41, 5.74) is 4.53. The van der Waals surface area contributed by atoms with Gasteiger partial charge in [0.05, 0.1) is 17.8 Å². The first-order chi connectivity index (χ1) is 14.8. The number of aryl methyl sites for hydroxylation is 2. The van der Waals surface area contributed by atoms with Crippen LogP contribution in [-0.2, 0) is 28.5 Å². The highest BCUT2D eigenvalue weighted by Gasteiger charge is 2.54. The fraction of sp³-hybridized carbons (Fsp3) is 0.583. The van der Waals surface area contributed by atoms with Gasteiger partial charge in [0.25, 0.3) is 0 Å². The summed E-state index contributed by atoms with van der Waals surface area (Å²) in [6.45, 7) is 8.58. The number of carbonyl (C=O) groups excluding carboxylic acids is 1. The molecule has 1 aromatic heterocycles. The van der Waals surface area contributed by atoms with Crippen LogP contribution in [0.4, 0.5) is 0 Å². The normalized spacial score (nSPS) is 22.8. The van der Waals surface area contributed by atoms with Crippen LogP contribution in [0.5, 0.6) is 0 Å². The Labute approximate surface area is 189 Å². The zero-order valence-corrected chi connectivity index (χ0v) is 19.9. The summed E-state index contributed by atoms with van der Waals surface area (Å²) in [5, 5.41) is 8.44. The van der Waals surface area contributed by atoms with Crippen molar-refractivity contribution in [2.75, 3.05) is 20.2 Å². The number of likely N-dealkylation sites (tertiary alicyclic amines) is 1. The molecule has 1 N–H and O–H groups in total. The average Bonchev–Trinajstić information content (AvgIpc) is 3.15. The van der Waals surface area contributed by atoms with Crippen molar-refractivity contribution in [3.63, 3.8) is 0 Å². The van der Waals surface area contributed by atoms with Gasteiger partial charge in [-0.25, -0.2) is 0 Å². The third-order valence-corrected chi connectivity index (χ3v) is 7.63.